The zero-order valence-electron chi connectivity index (χ0n) is 14.1. The second kappa shape index (κ2) is 8.62. The Balaban J connectivity index is 1.65. The summed E-state index contributed by atoms with van der Waals surface area (Å²) in [5, 5.41) is 3.36. The zero-order valence-corrected chi connectivity index (χ0v) is 14.9. The lowest BCUT2D eigenvalue weighted by Gasteiger charge is -2.36. The minimum absolute atomic E-state index is 0.302. The first-order valence-corrected chi connectivity index (χ1v) is 10.4. The molecule has 129 valence electrons. The molecule has 0 unspecified atom stereocenters. The molecule has 2 saturated heterocycles. The Morgan fingerprint density at radius 3 is 2.36 bits per heavy atom. The number of unbranched alkanes of at least 4 members (excludes halogenated alkanes) is 1. The lowest BCUT2D eigenvalue weighted by Crippen LogP contribution is -2.51. The monoisotopic (exact) mass is 330 g/mol. The SMILES string of the molecule is CC(C)N1CCN(S(=O)(=O)CCC[CH]C2CCNCC2)CC1. The van der Waals surface area contributed by atoms with Gasteiger partial charge in [-0.3, -0.25) is 4.90 Å². The van der Waals surface area contributed by atoms with Crippen molar-refractivity contribution >= 4 is 10.0 Å². The summed E-state index contributed by atoms with van der Waals surface area (Å²) in [6.07, 6.45) is 6.42. The summed E-state index contributed by atoms with van der Waals surface area (Å²) in [4.78, 5) is 2.34. The molecule has 0 bridgehead atoms. The van der Waals surface area contributed by atoms with E-state index in [1.54, 1.807) is 4.31 Å². The summed E-state index contributed by atoms with van der Waals surface area (Å²) < 4.78 is 26.5. The van der Waals surface area contributed by atoms with Crippen LogP contribution in [0.4, 0.5) is 0 Å². The summed E-state index contributed by atoms with van der Waals surface area (Å²) in [5.41, 5.74) is 0. The van der Waals surface area contributed by atoms with Gasteiger partial charge in [0.2, 0.25) is 10.0 Å². The van der Waals surface area contributed by atoms with Crippen LogP contribution in [-0.4, -0.2) is 68.7 Å². The molecule has 1 N–H and O–H groups in total. The number of piperidine rings is 1. The Kier molecular flexibility index (Phi) is 7.12. The van der Waals surface area contributed by atoms with Crippen molar-refractivity contribution in [1.29, 1.82) is 0 Å². The largest absolute Gasteiger partial charge is 0.317 e. The third-order valence-corrected chi connectivity index (χ3v) is 6.84. The molecule has 6 heteroatoms. The normalized spacial score (nSPS) is 23.2. The highest BCUT2D eigenvalue weighted by Gasteiger charge is 2.27. The van der Waals surface area contributed by atoms with Crippen LogP contribution in [-0.2, 0) is 10.0 Å². The van der Waals surface area contributed by atoms with Gasteiger partial charge in [-0.05, 0) is 65.0 Å². The molecule has 0 aromatic rings. The van der Waals surface area contributed by atoms with Crippen molar-refractivity contribution in [1.82, 2.24) is 14.5 Å². The highest BCUT2D eigenvalue weighted by molar-refractivity contribution is 7.89. The molecule has 2 heterocycles. The van der Waals surface area contributed by atoms with E-state index in [0.717, 1.165) is 39.0 Å². The molecule has 2 aliphatic heterocycles. The van der Waals surface area contributed by atoms with E-state index in [1.807, 2.05) is 0 Å². The quantitative estimate of drug-likeness (QED) is 0.716. The summed E-state index contributed by atoms with van der Waals surface area (Å²) >= 11 is 0. The van der Waals surface area contributed by atoms with Gasteiger partial charge in [-0.15, -0.1) is 0 Å². The van der Waals surface area contributed by atoms with Crippen LogP contribution in [0.3, 0.4) is 0 Å². The highest BCUT2D eigenvalue weighted by Crippen LogP contribution is 2.18. The van der Waals surface area contributed by atoms with Gasteiger partial charge in [0, 0.05) is 32.2 Å². The second-order valence-electron chi connectivity index (χ2n) is 6.81. The molecule has 22 heavy (non-hydrogen) atoms. The van der Waals surface area contributed by atoms with Crippen LogP contribution in [0.15, 0.2) is 0 Å². The van der Waals surface area contributed by atoms with Gasteiger partial charge in [0.1, 0.15) is 0 Å². The number of piperazine rings is 1. The predicted octanol–water partition coefficient (Wildman–Crippen LogP) is 1.33. The minimum Gasteiger partial charge on any atom is -0.317 e. The van der Waals surface area contributed by atoms with E-state index in [2.05, 4.69) is 30.5 Å². The maximum Gasteiger partial charge on any atom is 0.214 e. The molecule has 0 aromatic heterocycles. The summed E-state index contributed by atoms with van der Waals surface area (Å²) in [5.74, 6) is 0.981. The Bertz CT molecular complexity index is 411. The van der Waals surface area contributed by atoms with Gasteiger partial charge in [-0.25, -0.2) is 8.42 Å². The average molecular weight is 331 g/mol. The van der Waals surface area contributed by atoms with Gasteiger partial charge in [0.05, 0.1) is 5.75 Å². The molecule has 1 radical (unpaired) electrons. The Morgan fingerprint density at radius 2 is 1.77 bits per heavy atom. The minimum atomic E-state index is -3.06. The fourth-order valence-electron chi connectivity index (χ4n) is 3.33. The van der Waals surface area contributed by atoms with Crippen molar-refractivity contribution in [3.05, 3.63) is 6.42 Å². The first-order valence-electron chi connectivity index (χ1n) is 8.75. The lowest BCUT2D eigenvalue weighted by molar-refractivity contribution is 0.154. The van der Waals surface area contributed by atoms with E-state index < -0.39 is 10.0 Å². The molecule has 0 spiro atoms. The third kappa shape index (κ3) is 5.48. The molecule has 0 aliphatic carbocycles. The van der Waals surface area contributed by atoms with E-state index in [-0.39, 0.29) is 0 Å². The van der Waals surface area contributed by atoms with E-state index in [1.165, 1.54) is 12.8 Å². The number of nitrogens with zero attached hydrogens (tertiary/aromatic N) is 2. The van der Waals surface area contributed by atoms with Gasteiger partial charge < -0.3 is 5.32 Å². The topological polar surface area (TPSA) is 52.7 Å². The van der Waals surface area contributed by atoms with E-state index >= 15 is 0 Å². The maximum atomic E-state index is 12.4. The lowest BCUT2D eigenvalue weighted by atomic mass is 9.93. The Hall–Kier alpha value is -0.170. The first-order chi connectivity index (χ1) is 10.5. The first kappa shape index (κ1) is 18.2. The smallest absolute Gasteiger partial charge is 0.214 e. The number of hydrogen-bond donors (Lipinski definition) is 1. The molecule has 2 aliphatic rings. The van der Waals surface area contributed by atoms with Crippen molar-refractivity contribution in [2.24, 2.45) is 5.92 Å². The average Bonchev–Trinajstić information content (AvgIpc) is 2.53. The summed E-state index contributed by atoms with van der Waals surface area (Å²) in [6, 6.07) is 0.504. The molecule has 5 nitrogen and oxygen atoms in total. The standard InChI is InChI=1S/C16H32N3O2S/c1-15(2)18-10-12-19(13-11-18)22(20,21)14-4-3-5-16-6-8-17-9-7-16/h5,15-17H,3-4,6-14H2,1-2H3. The fraction of sp³-hybridized carbons (Fsp3) is 0.938. The van der Waals surface area contributed by atoms with Crippen LogP contribution >= 0.6 is 0 Å². The van der Waals surface area contributed by atoms with Gasteiger partial charge in [-0.2, -0.15) is 4.31 Å². The van der Waals surface area contributed by atoms with Crippen LogP contribution in [0.1, 0.15) is 39.5 Å². The molecule has 0 aromatic carbocycles. The second-order valence-corrected chi connectivity index (χ2v) is 8.90. The van der Waals surface area contributed by atoms with Crippen molar-refractivity contribution in [3.63, 3.8) is 0 Å². The van der Waals surface area contributed by atoms with E-state index in [9.17, 15) is 8.42 Å². The summed E-state index contributed by atoms with van der Waals surface area (Å²) in [7, 11) is -3.06. The zero-order chi connectivity index (χ0) is 16.0. The van der Waals surface area contributed by atoms with Crippen LogP contribution in [0.25, 0.3) is 0 Å². The van der Waals surface area contributed by atoms with E-state index in [4.69, 9.17) is 0 Å². The third-order valence-electron chi connectivity index (χ3n) is 4.89. The maximum absolute atomic E-state index is 12.4. The van der Waals surface area contributed by atoms with Crippen LogP contribution in [0.5, 0.6) is 0 Å². The molecule has 0 amide bonds. The van der Waals surface area contributed by atoms with Crippen molar-refractivity contribution in [2.45, 2.75) is 45.6 Å². The number of sulfonamides is 1. The van der Waals surface area contributed by atoms with Crippen LogP contribution < -0.4 is 5.32 Å². The number of nitrogens with one attached hydrogen (secondary N) is 1. The number of rotatable bonds is 7. The Labute approximate surface area is 136 Å². The van der Waals surface area contributed by atoms with Crippen LogP contribution in [0.2, 0.25) is 0 Å². The van der Waals surface area contributed by atoms with Crippen molar-refractivity contribution in [2.75, 3.05) is 45.0 Å². The molecule has 0 saturated carbocycles. The molecule has 2 fully saturated rings. The Morgan fingerprint density at radius 1 is 1.14 bits per heavy atom. The predicted molar refractivity (Wildman–Crippen MR) is 91.2 cm³/mol. The van der Waals surface area contributed by atoms with E-state index in [0.29, 0.717) is 30.8 Å². The molecule has 0 atom stereocenters. The molecule has 2 rings (SSSR count). The van der Waals surface area contributed by atoms with Gasteiger partial charge >= 0.3 is 0 Å². The summed E-state index contributed by atoms with van der Waals surface area (Å²) in [6.45, 7) is 9.55. The molecular weight excluding hydrogens is 298 g/mol. The molecular formula is C16H32N3O2S. The van der Waals surface area contributed by atoms with Crippen molar-refractivity contribution < 1.29 is 8.42 Å². The fourth-order valence-corrected chi connectivity index (χ4v) is 4.84. The van der Waals surface area contributed by atoms with Gasteiger partial charge in [0.15, 0.2) is 0 Å². The van der Waals surface area contributed by atoms with Gasteiger partial charge in [-0.1, -0.05) is 0 Å². The number of hydrogen-bond acceptors (Lipinski definition) is 4. The van der Waals surface area contributed by atoms with Crippen LogP contribution in [0, 0.1) is 12.3 Å². The highest BCUT2D eigenvalue weighted by atomic mass is 32.2. The van der Waals surface area contributed by atoms with Gasteiger partial charge in [0.25, 0.3) is 0 Å². The van der Waals surface area contributed by atoms with Crippen molar-refractivity contribution in [3.8, 4) is 0 Å².